The molecule has 0 spiro atoms. The third-order valence-corrected chi connectivity index (χ3v) is 6.48. The van der Waals surface area contributed by atoms with Gasteiger partial charge in [-0.3, -0.25) is 4.79 Å². The summed E-state index contributed by atoms with van der Waals surface area (Å²) in [5.41, 5.74) is 8.58. The molecule has 1 saturated heterocycles. The van der Waals surface area contributed by atoms with Crippen LogP contribution in [0.15, 0.2) is 18.2 Å². The lowest BCUT2D eigenvalue weighted by atomic mass is 9.52. The summed E-state index contributed by atoms with van der Waals surface area (Å²) in [6, 6.07) is 6.92. The molecule has 2 bridgehead atoms. The highest BCUT2D eigenvalue weighted by Crippen LogP contribution is 2.55. The second-order valence-electron chi connectivity index (χ2n) is 7.51. The van der Waals surface area contributed by atoms with Gasteiger partial charge in [0.15, 0.2) is 0 Å². The molecule has 3 atom stereocenters. The number of rotatable bonds is 2. The normalized spacial score (nSPS) is 32.8. The zero-order valence-electron chi connectivity index (χ0n) is 13.9. The summed E-state index contributed by atoms with van der Waals surface area (Å²) >= 11 is 0. The van der Waals surface area contributed by atoms with Crippen molar-refractivity contribution in [3.8, 4) is 5.75 Å². The van der Waals surface area contributed by atoms with Crippen LogP contribution in [0.3, 0.4) is 0 Å². The van der Waals surface area contributed by atoms with E-state index in [1.807, 2.05) is 6.07 Å². The van der Waals surface area contributed by atoms with E-state index in [0.717, 1.165) is 12.3 Å². The first kappa shape index (κ1) is 15.2. The van der Waals surface area contributed by atoms with E-state index < -0.39 is 0 Å². The van der Waals surface area contributed by atoms with Crippen molar-refractivity contribution in [1.82, 2.24) is 4.90 Å². The molecule has 0 aromatic heterocycles. The first-order valence-electron chi connectivity index (χ1n) is 8.88. The predicted molar refractivity (Wildman–Crippen MR) is 89.5 cm³/mol. The maximum absolute atomic E-state index is 11.5. The lowest BCUT2D eigenvalue weighted by Gasteiger charge is -2.58. The summed E-state index contributed by atoms with van der Waals surface area (Å²) < 4.78 is 5.39. The molecule has 1 aliphatic heterocycles. The molecule has 1 saturated carbocycles. The number of carbonyl (C=O) groups is 1. The van der Waals surface area contributed by atoms with Gasteiger partial charge in [0.2, 0.25) is 0 Å². The van der Waals surface area contributed by atoms with Crippen molar-refractivity contribution in [2.45, 2.75) is 50.0 Å². The Morgan fingerprint density at radius 2 is 2.26 bits per heavy atom. The van der Waals surface area contributed by atoms with E-state index in [1.165, 1.54) is 49.8 Å². The molecule has 3 aliphatic rings. The zero-order chi connectivity index (χ0) is 16.0. The van der Waals surface area contributed by atoms with E-state index >= 15 is 0 Å². The maximum atomic E-state index is 11.5. The Labute approximate surface area is 138 Å². The number of likely N-dealkylation sites (tertiary alicyclic amines) is 1. The number of ether oxygens (including phenoxy) is 1. The van der Waals surface area contributed by atoms with E-state index in [0.29, 0.717) is 17.2 Å². The summed E-state index contributed by atoms with van der Waals surface area (Å²) in [4.78, 5) is 14.1. The summed E-state index contributed by atoms with van der Waals surface area (Å²) in [6.45, 7) is 1.10. The highest BCUT2D eigenvalue weighted by Gasteiger charge is 2.53. The second kappa shape index (κ2) is 5.60. The number of carbonyl (C=O) groups excluding carboxylic acids is 1. The van der Waals surface area contributed by atoms with Crippen LogP contribution in [0.1, 0.15) is 43.2 Å². The molecule has 4 nitrogen and oxygen atoms in total. The molecule has 1 heterocycles. The van der Waals surface area contributed by atoms with Crippen molar-refractivity contribution in [3.05, 3.63) is 29.3 Å². The van der Waals surface area contributed by atoms with Crippen molar-refractivity contribution >= 4 is 5.97 Å². The Hall–Kier alpha value is -1.39. The lowest BCUT2D eigenvalue weighted by molar-refractivity contribution is -0.132. The summed E-state index contributed by atoms with van der Waals surface area (Å²) in [5.74, 6) is 1.05. The molecule has 0 amide bonds. The van der Waals surface area contributed by atoms with E-state index in [-0.39, 0.29) is 12.5 Å². The minimum absolute atomic E-state index is 0.0717. The summed E-state index contributed by atoms with van der Waals surface area (Å²) in [7, 11) is 2.28. The molecule has 2 aliphatic carbocycles. The van der Waals surface area contributed by atoms with E-state index in [1.54, 1.807) is 0 Å². The van der Waals surface area contributed by atoms with Gasteiger partial charge in [-0.25, -0.2) is 0 Å². The molecule has 1 aromatic carbocycles. The van der Waals surface area contributed by atoms with Crippen LogP contribution in [0.2, 0.25) is 0 Å². The Kier molecular flexibility index (Phi) is 3.69. The van der Waals surface area contributed by atoms with E-state index in [2.05, 4.69) is 24.1 Å². The van der Waals surface area contributed by atoms with Crippen LogP contribution >= 0.6 is 0 Å². The van der Waals surface area contributed by atoms with Gasteiger partial charge < -0.3 is 15.4 Å². The Morgan fingerprint density at radius 3 is 3.09 bits per heavy atom. The second-order valence-corrected chi connectivity index (χ2v) is 7.51. The number of piperidine rings is 1. The SMILES string of the molecule is CN1CC[C@]23CCCCC2C1Cc1ccc(OC(=O)CN)cc13. The van der Waals surface area contributed by atoms with Gasteiger partial charge in [0.25, 0.3) is 0 Å². The largest absolute Gasteiger partial charge is 0.426 e. The van der Waals surface area contributed by atoms with Crippen LogP contribution in [0.25, 0.3) is 0 Å². The molecule has 23 heavy (non-hydrogen) atoms. The molecule has 124 valence electrons. The van der Waals surface area contributed by atoms with Crippen molar-refractivity contribution < 1.29 is 9.53 Å². The molecule has 0 radical (unpaired) electrons. The van der Waals surface area contributed by atoms with Crippen LogP contribution in [0, 0.1) is 5.92 Å². The summed E-state index contributed by atoms with van der Waals surface area (Å²) in [5, 5.41) is 0. The van der Waals surface area contributed by atoms with Gasteiger partial charge in [0, 0.05) is 11.5 Å². The van der Waals surface area contributed by atoms with Gasteiger partial charge in [-0.05, 0) is 68.5 Å². The van der Waals surface area contributed by atoms with Gasteiger partial charge in [-0.2, -0.15) is 0 Å². The lowest BCUT2D eigenvalue weighted by Crippen LogP contribution is -2.59. The van der Waals surface area contributed by atoms with Crippen LogP contribution in [-0.4, -0.2) is 37.0 Å². The van der Waals surface area contributed by atoms with E-state index in [9.17, 15) is 4.79 Å². The predicted octanol–water partition coefficient (Wildman–Crippen LogP) is 2.24. The highest BCUT2D eigenvalue weighted by molar-refractivity contribution is 5.74. The van der Waals surface area contributed by atoms with Gasteiger partial charge in [-0.15, -0.1) is 0 Å². The van der Waals surface area contributed by atoms with Gasteiger partial charge in [0.1, 0.15) is 5.75 Å². The molecule has 4 heteroatoms. The maximum Gasteiger partial charge on any atom is 0.325 e. The van der Waals surface area contributed by atoms with Gasteiger partial charge >= 0.3 is 5.97 Å². The monoisotopic (exact) mass is 314 g/mol. The van der Waals surface area contributed by atoms with Crippen LogP contribution in [0.5, 0.6) is 5.75 Å². The average molecular weight is 314 g/mol. The number of nitrogens with zero attached hydrogens (tertiary/aromatic N) is 1. The minimum atomic E-state index is -0.361. The number of likely N-dealkylation sites (N-methyl/N-ethyl adjacent to an activating group) is 1. The molecule has 2 unspecified atom stereocenters. The smallest absolute Gasteiger partial charge is 0.325 e. The standard InChI is InChI=1S/C19H26N2O2/c1-21-9-8-19-7-3-2-4-15(19)17(21)10-13-5-6-14(11-16(13)19)23-18(22)12-20/h5-6,11,15,17H,2-4,7-10,12,20H2,1H3/t15?,17?,19-/m1/s1. The highest BCUT2D eigenvalue weighted by atomic mass is 16.5. The van der Waals surface area contributed by atoms with Crippen LogP contribution in [0.4, 0.5) is 0 Å². The van der Waals surface area contributed by atoms with Crippen LogP contribution in [-0.2, 0) is 16.6 Å². The molecular formula is C19H26N2O2. The number of esters is 1. The van der Waals surface area contributed by atoms with Crippen molar-refractivity contribution in [2.24, 2.45) is 11.7 Å². The molecule has 2 fully saturated rings. The average Bonchev–Trinajstić information content (AvgIpc) is 2.58. The molecule has 1 aromatic rings. The number of hydrogen-bond acceptors (Lipinski definition) is 4. The molecular weight excluding hydrogens is 288 g/mol. The number of benzene rings is 1. The van der Waals surface area contributed by atoms with Gasteiger partial charge in [-0.1, -0.05) is 18.9 Å². The van der Waals surface area contributed by atoms with Gasteiger partial charge in [0.05, 0.1) is 6.54 Å². The Balaban J connectivity index is 1.77. The van der Waals surface area contributed by atoms with Crippen LogP contribution < -0.4 is 10.5 Å². The number of nitrogens with two attached hydrogens (primary N) is 1. The third-order valence-electron chi connectivity index (χ3n) is 6.48. The fourth-order valence-corrected chi connectivity index (χ4v) is 5.41. The topological polar surface area (TPSA) is 55.6 Å². The fraction of sp³-hybridized carbons (Fsp3) is 0.632. The molecule has 2 N–H and O–H groups in total. The van der Waals surface area contributed by atoms with Crippen molar-refractivity contribution in [2.75, 3.05) is 20.1 Å². The first-order valence-corrected chi connectivity index (χ1v) is 8.88. The first-order chi connectivity index (χ1) is 11.1. The Bertz CT molecular complexity index is 630. The Morgan fingerprint density at radius 1 is 1.39 bits per heavy atom. The zero-order valence-corrected chi connectivity index (χ0v) is 13.9. The number of hydrogen-bond donors (Lipinski definition) is 1. The van der Waals surface area contributed by atoms with Crippen molar-refractivity contribution in [1.29, 1.82) is 0 Å². The summed E-state index contributed by atoms with van der Waals surface area (Å²) in [6.07, 6.45) is 7.65. The molecule has 4 rings (SSSR count). The third kappa shape index (κ3) is 2.31. The number of fused-ring (bicyclic) bond motifs is 1. The van der Waals surface area contributed by atoms with E-state index in [4.69, 9.17) is 10.5 Å². The minimum Gasteiger partial charge on any atom is -0.426 e. The quantitative estimate of drug-likeness (QED) is 0.672. The van der Waals surface area contributed by atoms with Crippen molar-refractivity contribution in [3.63, 3.8) is 0 Å². The fourth-order valence-electron chi connectivity index (χ4n) is 5.41.